The maximum atomic E-state index is 12.1. The fraction of sp³-hybridized carbons (Fsp3) is 0.692. The molecule has 1 aromatic heterocycles. The summed E-state index contributed by atoms with van der Waals surface area (Å²) in [7, 11) is 1.84. The van der Waals surface area contributed by atoms with Crippen LogP contribution in [0.4, 0.5) is 0 Å². The van der Waals surface area contributed by atoms with Crippen LogP contribution in [-0.4, -0.2) is 21.7 Å². The lowest BCUT2D eigenvalue weighted by Gasteiger charge is -2.29. The topological polar surface area (TPSA) is 46.9 Å². The summed E-state index contributed by atoms with van der Waals surface area (Å²) in [4.78, 5) is 12.1. The van der Waals surface area contributed by atoms with Gasteiger partial charge in [0.25, 0.3) is 5.91 Å². The van der Waals surface area contributed by atoms with Gasteiger partial charge >= 0.3 is 0 Å². The summed E-state index contributed by atoms with van der Waals surface area (Å²) in [6.07, 6.45) is 6.63. The van der Waals surface area contributed by atoms with E-state index in [9.17, 15) is 4.79 Å². The highest BCUT2D eigenvalue weighted by atomic mass is 16.1. The summed E-state index contributed by atoms with van der Waals surface area (Å²) in [5, 5.41) is 7.35. The lowest BCUT2D eigenvalue weighted by atomic mass is 9.86. The Labute approximate surface area is 102 Å². The van der Waals surface area contributed by atoms with Gasteiger partial charge in [0, 0.05) is 19.3 Å². The lowest BCUT2D eigenvalue weighted by Crippen LogP contribution is -2.41. The van der Waals surface area contributed by atoms with E-state index in [4.69, 9.17) is 0 Å². The number of hydrogen-bond acceptors (Lipinski definition) is 2. The number of rotatable bonds is 2. The first-order chi connectivity index (χ1) is 8.08. The van der Waals surface area contributed by atoms with Gasteiger partial charge in [0.2, 0.25) is 0 Å². The number of carbonyl (C=O) groups excluding carboxylic acids is 1. The molecule has 1 aliphatic rings. The van der Waals surface area contributed by atoms with Crippen molar-refractivity contribution in [3.63, 3.8) is 0 Å². The standard InChI is InChI=1S/C13H21N3O/c1-9-6-4-5-7-12(9)14-13(17)11-8-16(3)15-10(11)2/h8-9,12H,4-7H2,1-3H3,(H,14,17). The molecule has 0 radical (unpaired) electrons. The van der Waals surface area contributed by atoms with Crippen molar-refractivity contribution in [2.45, 2.75) is 45.6 Å². The Morgan fingerprint density at radius 3 is 2.76 bits per heavy atom. The Hall–Kier alpha value is -1.32. The first-order valence-electron chi connectivity index (χ1n) is 6.39. The summed E-state index contributed by atoms with van der Waals surface area (Å²) in [6, 6.07) is 0.329. The van der Waals surface area contributed by atoms with E-state index in [0.29, 0.717) is 17.5 Å². The highest BCUT2D eigenvalue weighted by molar-refractivity contribution is 5.95. The van der Waals surface area contributed by atoms with Gasteiger partial charge < -0.3 is 5.32 Å². The van der Waals surface area contributed by atoms with Crippen LogP contribution in [0.2, 0.25) is 0 Å². The molecule has 1 heterocycles. The minimum absolute atomic E-state index is 0.0225. The van der Waals surface area contributed by atoms with Gasteiger partial charge in [-0.25, -0.2) is 0 Å². The van der Waals surface area contributed by atoms with Crippen molar-refractivity contribution in [3.05, 3.63) is 17.5 Å². The summed E-state index contributed by atoms with van der Waals surface area (Å²) >= 11 is 0. The molecule has 4 nitrogen and oxygen atoms in total. The molecule has 1 saturated carbocycles. The molecule has 1 aliphatic carbocycles. The second kappa shape index (κ2) is 4.90. The maximum absolute atomic E-state index is 12.1. The summed E-state index contributed by atoms with van der Waals surface area (Å²) in [5.74, 6) is 0.610. The summed E-state index contributed by atoms with van der Waals surface area (Å²) < 4.78 is 1.69. The van der Waals surface area contributed by atoms with Crippen LogP contribution in [0.5, 0.6) is 0 Å². The summed E-state index contributed by atoms with van der Waals surface area (Å²) in [5.41, 5.74) is 1.50. The van der Waals surface area contributed by atoms with E-state index in [1.807, 2.05) is 14.0 Å². The van der Waals surface area contributed by atoms with Crippen molar-refractivity contribution in [3.8, 4) is 0 Å². The first kappa shape index (κ1) is 12.1. The average molecular weight is 235 g/mol. The van der Waals surface area contributed by atoms with Gasteiger partial charge in [-0.15, -0.1) is 0 Å². The summed E-state index contributed by atoms with van der Waals surface area (Å²) in [6.45, 7) is 4.10. The molecule has 2 rings (SSSR count). The van der Waals surface area contributed by atoms with Crippen molar-refractivity contribution in [2.24, 2.45) is 13.0 Å². The van der Waals surface area contributed by atoms with E-state index in [2.05, 4.69) is 17.3 Å². The molecule has 4 heteroatoms. The van der Waals surface area contributed by atoms with Gasteiger partial charge in [0.05, 0.1) is 11.3 Å². The van der Waals surface area contributed by atoms with Gasteiger partial charge in [0.15, 0.2) is 0 Å². The maximum Gasteiger partial charge on any atom is 0.254 e. The average Bonchev–Trinajstić information content (AvgIpc) is 2.61. The molecule has 1 aromatic rings. The van der Waals surface area contributed by atoms with E-state index in [0.717, 1.165) is 12.1 Å². The van der Waals surface area contributed by atoms with Crippen molar-refractivity contribution in [1.82, 2.24) is 15.1 Å². The first-order valence-corrected chi connectivity index (χ1v) is 6.39. The molecule has 1 N–H and O–H groups in total. The number of aryl methyl sites for hydroxylation is 2. The monoisotopic (exact) mass is 235 g/mol. The highest BCUT2D eigenvalue weighted by Gasteiger charge is 2.24. The van der Waals surface area contributed by atoms with E-state index < -0.39 is 0 Å². The molecule has 2 atom stereocenters. The SMILES string of the molecule is Cc1nn(C)cc1C(=O)NC1CCCCC1C. The quantitative estimate of drug-likeness (QED) is 0.852. The number of nitrogens with one attached hydrogen (secondary N) is 1. The molecular weight excluding hydrogens is 214 g/mol. The Morgan fingerprint density at radius 1 is 1.47 bits per heavy atom. The van der Waals surface area contributed by atoms with E-state index in [1.54, 1.807) is 10.9 Å². The van der Waals surface area contributed by atoms with E-state index in [1.165, 1.54) is 19.3 Å². The Morgan fingerprint density at radius 2 is 2.18 bits per heavy atom. The van der Waals surface area contributed by atoms with E-state index in [-0.39, 0.29) is 5.91 Å². The molecule has 0 aromatic carbocycles. The van der Waals surface area contributed by atoms with Gasteiger partial charge in [-0.1, -0.05) is 19.8 Å². The van der Waals surface area contributed by atoms with Crippen LogP contribution in [0.15, 0.2) is 6.20 Å². The van der Waals surface area contributed by atoms with Crippen LogP contribution in [0.3, 0.4) is 0 Å². The number of hydrogen-bond donors (Lipinski definition) is 1. The Bertz CT molecular complexity index is 411. The van der Waals surface area contributed by atoms with Gasteiger partial charge in [-0.05, 0) is 25.7 Å². The van der Waals surface area contributed by atoms with Crippen LogP contribution in [0.25, 0.3) is 0 Å². The zero-order valence-electron chi connectivity index (χ0n) is 10.9. The number of aromatic nitrogens is 2. The molecule has 0 saturated heterocycles. The van der Waals surface area contributed by atoms with Gasteiger partial charge in [0.1, 0.15) is 0 Å². The minimum Gasteiger partial charge on any atom is -0.349 e. The van der Waals surface area contributed by atoms with E-state index >= 15 is 0 Å². The van der Waals surface area contributed by atoms with Crippen molar-refractivity contribution >= 4 is 5.91 Å². The second-order valence-corrected chi connectivity index (χ2v) is 5.14. The van der Waals surface area contributed by atoms with Crippen LogP contribution in [0, 0.1) is 12.8 Å². The Kier molecular flexibility index (Phi) is 3.50. The highest BCUT2D eigenvalue weighted by Crippen LogP contribution is 2.24. The zero-order valence-corrected chi connectivity index (χ0v) is 10.9. The van der Waals surface area contributed by atoms with Gasteiger partial charge in [-0.2, -0.15) is 5.10 Å². The van der Waals surface area contributed by atoms with Crippen molar-refractivity contribution in [1.29, 1.82) is 0 Å². The fourth-order valence-corrected chi connectivity index (χ4v) is 2.60. The molecule has 17 heavy (non-hydrogen) atoms. The third kappa shape index (κ3) is 2.68. The molecule has 94 valence electrons. The third-order valence-corrected chi connectivity index (χ3v) is 3.69. The molecule has 1 amide bonds. The zero-order chi connectivity index (χ0) is 12.4. The molecule has 0 aliphatic heterocycles. The van der Waals surface area contributed by atoms with Crippen LogP contribution < -0.4 is 5.32 Å². The Balaban J connectivity index is 2.03. The number of amides is 1. The van der Waals surface area contributed by atoms with Crippen LogP contribution in [0.1, 0.15) is 48.7 Å². The molecular formula is C13H21N3O. The molecule has 0 spiro atoms. The number of carbonyl (C=O) groups is 1. The van der Waals surface area contributed by atoms with Crippen LogP contribution >= 0.6 is 0 Å². The minimum atomic E-state index is 0.0225. The second-order valence-electron chi connectivity index (χ2n) is 5.14. The smallest absolute Gasteiger partial charge is 0.254 e. The lowest BCUT2D eigenvalue weighted by molar-refractivity contribution is 0.0909. The number of nitrogens with zero attached hydrogens (tertiary/aromatic N) is 2. The predicted octanol–water partition coefficient (Wildman–Crippen LogP) is 2.04. The van der Waals surface area contributed by atoms with Crippen molar-refractivity contribution in [2.75, 3.05) is 0 Å². The largest absolute Gasteiger partial charge is 0.349 e. The van der Waals surface area contributed by atoms with Crippen LogP contribution in [-0.2, 0) is 7.05 Å². The van der Waals surface area contributed by atoms with Crippen molar-refractivity contribution < 1.29 is 4.79 Å². The molecule has 0 bridgehead atoms. The fourth-order valence-electron chi connectivity index (χ4n) is 2.60. The van der Waals surface area contributed by atoms with Gasteiger partial charge in [-0.3, -0.25) is 9.48 Å². The molecule has 1 fully saturated rings. The predicted molar refractivity (Wildman–Crippen MR) is 66.8 cm³/mol. The molecule has 2 unspecified atom stereocenters. The third-order valence-electron chi connectivity index (χ3n) is 3.69. The normalized spacial score (nSPS) is 24.6.